The molecule has 3 rings (SSSR count). The van der Waals surface area contributed by atoms with E-state index in [1.54, 1.807) is 18.3 Å². The standard InChI is InChI=1S/C16H20N2O4/c1-2-12(15(19)21-11-7-4-3-5-8-11)18-14-13(22-16(18)20)9-6-10-17-14/h6,9-12H,2-5,7-8H2,1H3. The van der Waals surface area contributed by atoms with Crippen LogP contribution >= 0.6 is 0 Å². The minimum Gasteiger partial charge on any atom is -0.461 e. The number of hydrogen-bond donors (Lipinski definition) is 0. The van der Waals surface area contributed by atoms with Crippen molar-refractivity contribution in [3.63, 3.8) is 0 Å². The fourth-order valence-corrected chi connectivity index (χ4v) is 3.03. The summed E-state index contributed by atoms with van der Waals surface area (Å²) in [6.07, 6.45) is 7.18. The second-order valence-electron chi connectivity index (χ2n) is 5.68. The van der Waals surface area contributed by atoms with Crippen molar-refractivity contribution in [3.8, 4) is 0 Å². The Kier molecular flexibility index (Phi) is 4.27. The third kappa shape index (κ3) is 2.77. The van der Waals surface area contributed by atoms with Gasteiger partial charge in [-0.2, -0.15) is 0 Å². The molecular weight excluding hydrogens is 284 g/mol. The highest BCUT2D eigenvalue weighted by molar-refractivity contribution is 5.77. The van der Waals surface area contributed by atoms with Crippen molar-refractivity contribution in [2.24, 2.45) is 0 Å². The van der Waals surface area contributed by atoms with Crippen LogP contribution in [0.2, 0.25) is 0 Å². The van der Waals surface area contributed by atoms with Crippen LogP contribution < -0.4 is 5.76 Å². The van der Waals surface area contributed by atoms with Crippen LogP contribution in [0.15, 0.2) is 27.5 Å². The van der Waals surface area contributed by atoms with Gasteiger partial charge < -0.3 is 9.15 Å². The van der Waals surface area contributed by atoms with Crippen LogP contribution in [0.5, 0.6) is 0 Å². The molecule has 1 aliphatic rings. The van der Waals surface area contributed by atoms with Crippen molar-refractivity contribution in [2.75, 3.05) is 0 Å². The van der Waals surface area contributed by atoms with E-state index in [0.29, 0.717) is 17.7 Å². The molecule has 0 bridgehead atoms. The molecule has 0 aromatic carbocycles. The SMILES string of the molecule is CCC(C(=O)OC1CCCCC1)n1c(=O)oc2cccnc21. The molecule has 118 valence electrons. The Morgan fingerprint density at radius 1 is 1.45 bits per heavy atom. The van der Waals surface area contributed by atoms with Gasteiger partial charge in [-0.05, 0) is 44.2 Å². The maximum atomic E-state index is 12.5. The summed E-state index contributed by atoms with van der Waals surface area (Å²) in [5.41, 5.74) is 0.774. The molecule has 6 nitrogen and oxygen atoms in total. The lowest BCUT2D eigenvalue weighted by atomic mass is 9.98. The lowest BCUT2D eigenvalue weighted by molar-refractivity contribution is -0.154. The molecule has 1 unspecified atom stereocenters. The number of esters is 1. The first kappa shape index (κ1) is 14.8. The molecule has 0 amide bonds. The summed E-state index contributed by atoms with van der Waals surface area (Å²) in [7, 11) is 0. The van der Waals surface area contributed by atoms with Gasteiger partial charge in [-0.3, -0.25) is 0 Å². The lowest BCUT2D eigenvalue weighted by Gasteiger charge is -2.24. The molecule has 0 spiro atoms. The smallest absolute Gasteiger partial charge is 0.422 e. The van der Waals surface area contributed by atoms with Gasteiger partial charge in [-0.15, -0.1) is 0 Å². The van der Waals surface area contributed by atoms with Gasteiger partial charge in [-0.25, -0.2) is 19.1 Å². The molecule has 0 radical (unpaired) electrons. The number of rotatable bonds is 4. The molecule has 2 aromatic rings. The average molecular weight is 304 g/mol. The first-order valence-corrected chi connectivity index (χ1v) is 7.87. The van der Waals surface area contributed by atoms with Crippen molar-refractivity contribution in [1.29, 1.82) is 0 Å². The number of pyridine rings is 1. The molecule has 1 fully saturated rings. The van der Waals surface area contributed by atoms with Crippen LogP contribution in [0.25, 0.3) is 11.2 Å². The summed E-state index contributed by atoms with van der Waals surface area (Å²) < 4.78 is 12.1. The van der Waals surface area contributed by atoms with Crippen molar-refractivity contribution < 1.29 is 13.9 Å². The van der Waals surface area contributed by atoms with E-state index in [1.165, 1.54) is 11.0 Å². The largest absolute Gasteiger partial charge is 0.461 e. The summed E-state index contributed by atoms with van der Waals surface area (Å²) in [5.74, 6) is -0.939. The molecule has 2 heterocycles. The average Bonchev–Trinajstić information content (AvgIpc) is 2.86. The summed E-state index contributed by atoms with van der Waals surface area (Å²) in [6, 6.07) is 2.67. The van der Waals surface area contributed by atoms with Gasteiger partial charge in [0.15, 0.2) is 11.2 Å². The van der Waals surface area contributed by atoms with Crippen molar-refractivity contribution in [1.82, 2.24) is 9.55 Å². The maximum absolute atomic E-state index is 12.5. The van der Waals surface area contributed by atoms with E-state index in [2.05, 4.69) is 4.98 Å². The highest BCUT2D eigenvalue weighted by atomic mass is 16.5. The van der Waals surface area contributed by atoms with Crippen LogP contribution in [0.1, 0.15) is 51.5 Å². The first-order valence-electron chi connectivity index (χ1n) is 7.87. The summed E-state index contributed by atoms with van der Waals surface area (Å²) in [6.45, 7) is 1.85. The monoisotopic (exact) mass is 304 g/mol. The number of hydrogen-bond acceptors (Lipinski definition) is 5. The Labute approximate surface area is 128 Å². The minimum atomic E-state index is -0.689. The van der Waals surface area contributed by atoms with Gasteiger partial charge in [0.2, 0.25) is 0 Å². The number of nitrogens with zero attached hydrogens (tertiary/aromatic N) is 2. The maximum Gasteiger partial charge on any atom is 0.422 e. The number of carbonyl (C=O) groups excluding carboxylic acids is 1. The van der Waals surface area contributed by atoms with Gasteiger partial charge >= 0.3 is 11.7 Å². The number of fused-ring (bicyclic) bond motifs is 1. The van der Waals surface area contributed by atoms with E-state index in [0.717, 1.165) is 25.7 Å². The zero-order valence-corrected chi connectivity index (χ0v) is 12.7. The highest BCUT2D eigenvalue weighted by Crippen LogP contribution is 2.24. The number of aromatic nitrogens is 2. The van der Waals surface area contributed by atoms with Gasteiger partial charge in [0.1, 0.15) is 12.1 Å². The van der Waals surface area contributed by atoms with E-state index in [1.807, 2.05) is 6.92 Å². The molecule has 0 N–H and O–H groups in total. The Bertz CT molecular complexity index is 712. The van der Waals surface area contributed by atoms with Crippen LogP contribution in [0.4, 0.5) is 0 Å². The molecule has 2 aromatic heterocycles. The molecule has 1 atom stereocenters. The molecule has 0 aliphatic heterocycles. The summed E-state index contributed by atoms with van der Waals surface area (Å²) in [5, 5.41) is 0. The molecule has 1 saturated carbocycles. The predicted molar refractivity (Wildman–Crippen MR) is 80.6 cm³/mol. The molecular formula is C16H20N2O4. The minimum absolute atomic E-state index is 0.0304. The number of oxazole rings is 1. The molecule has 0 saturated heterocycles. The zero-order valence-electron chi connectivity index (χ0n) is 12.7. The third-order valence-corrected chi connectivity index (χ3v) is 4.18. The normalized spacial score (nSPS) is 17.5. The Hall–Kier alpha value is -2.11. The van der Waals surface area contributed by atoms with Gasteiger partial charge in [0, 0.05) is 6.20 Å². The van der Waals surface area contributed by atoms with Crippen molar-refractivity contribution in [2.45, 2.75) is 57.6 Å². The van der Waals surface area contributed by atoms with Crippen LogP contribution in [0, 0.1) is 0 Å². The van der Waals surface area contributed by atoms with Crippen molar-refractivity contribution >= 4 is 17.2 Å². The van der Waals surface area contributed by atoms with E-state index in [4.69, 9.17) is 9.15 Å². The number of carbonyl (C=O) groups is 1. The van der Waals surface area contributed by atoms with Gasteiger partial charge in [0.25, 0.3) is 0 Å². The van der Waals surface area contributed by atoms with Crippen LogP contribution in [-0.2, 0) is 9.53 Å². The third-order valence-electron chi connectivity index (χ3n) is 4.18. The topological polar surface area (TPSA) is 74.3 Å². The molecule has 6 heteroatoms. The Morgan fingerprint density at radius 2 is 2.23 bits per heavy atom. The highest BCUT2D eigenvalue weighted by Gasteiger charge is 2.28. The lowest BCUT2D eigenvalue weighted by Crippen LogP contribution is -2.31. The van der Waals surface area contributed by atoms with Gasteiger partial charge in [-0.1, -0.05) is 13.3 Å². The summed E-state index contributed by atoms with van der Waals surface area (Å²) >= 11 is 0. The van der Waals surface area contributed by atoms with E-state index in [-0.39, 0.29) is 12.1 Å². The molecule has 22 heavy (non-hydrogen) atoms. The van der Waals surface area contributed by atoms with Crippen molar-refractivity contribution in [3.05, 3.63) is 28.9 Å². The quantitative estimate of drug-likeness (QED) is 0.812. The predicted octanol–water partition coefficient (Wildman–Crippen LogP) is 2.82. The van der Waals surface area contributed by atoms with Gasteiger partial charge in [0.05, 0.1) is 0 Å². The molecule has 1 aliphatic carbocycles. The Balaban J connectivity index is 1.87. The fourth-order valence-electron chi connectivity index (χ4n) is 3.03. The number of ether oxygens (including phenoxy) is 1. The first-order chi connectivity index (χ1) is 10.7. The Morgan fingerprint density at radius 3 is 2.95 bits per heavy atom. The second kappa shape index (κ2) is 6.34. The fraction of sp³-hybridized carbons (Fsp3) is 0.562. The zero-order chi connectivity index (χ0) is 15.5. The van der Waals surface area contributed by atoms with Crippen LogP contribution in [0.3, 0.4) is 0 Å². The van der Waals surface area contributed by atoms with E-state index < -0.39 is 11.8 Å². The summed E-state index contributed by atoms with van der Waals surface area (Å²) in [4.78, 5) is 28.7. The van der Waals surface area contributed by atoms with E-state index in [9.17, 15) is 9.59 Å². The van der Waals surface area contributed by atoms with Crippen LogP contribution in [-0.4, -0.2) is 21.6 Å². The second-order valence-corrected chi connectivity index (χ2v) is 5.68. The van der Waals surface area contributed by atoms with E-state index >= 15 is 0 Å².